The second kappa shape index (κ2) is 22.7. The molecule has 0 bridgehead atoms. The van der Waals surface area contributed by atoms with E-state index in [1.54, 1.807) is 0 Å². The maximum Gasteiger partial charge on any atom is 0.303 e. The van der Waals surface area contributed by atoms with Crippen LogP contribution in [0.5, 0.6) is 0 Å². The van der Waals surface area contributed by atoms with Crippen molar-refractivity contribution in [2.75, 3.05) is 17.7 Å². The lowest BCUT2D eigenvalue weighted by Gasteiger charge is -2.44. The molecular formula is C50H52N2O13S2. The van der Waals surface area contributed by atoms with Crippen molar-refractivity contribution in [1.82, 2.24) is 4.98 Å². The Kier molecular flexibility index (Phi) is 16.6. The molecule has 4 aromatic carbocycles. The quantitative estimate of drug-likeness (QED) is 0.0415. The van der Waals surface area contributed by atoms with Gasteiger partial charge in [-0.1, -0.05) is 128 Å². The van der Waals surface area contributed by atoms with E-state index in [1.165, 1.54) is 25.6 Å². The number of nitrogens with zero attached hydrogens (tertiary/aromatic N) is 1. The van der Waals surface area contributed by atoms with Crippen LogP contribution in [0.2, 0.25) is 0 Å². The molecule has 2 aliphatic rings. The van der Waals surface area contributed by atoms with Crippen LogP contribution in [0.1, 0.15) is 70.1 Å². The number of aliphatic hydroxyl groups is 1. The fourth-order valence-electron chi connectivity index (χ4n) is 8.04. The fourth-order valence-corrected chi connectivity index (χ4v) is 9.31. The molecule has 17 heteroatoms. The minimum atomic E-state index is -1.32. The first-order valence-electron chi connectivity index (χ1n) is 21.7. The first-order valence-corrected chi connectivity index (χ1v) is 23.1. The molecule has 67 heavy (non-hydrogen) atoms. The Balaban J connectivity index is 1.12. The number of anilines is 1. The Morgan fingerprint density at radius 2 is 1.33 bits per heavy atom. The van der Waals surface area contributed by atoms with Gasteiger partial charge in [0, 0.05) is 68.2 Å². The summed E-state index contributed by atoms with van der Waals surface area (Å²) in [5.74, 6) is -1.77. The Hall–Kier alpha value is -5.95. The molecule has 5 aromatic rings. The molecule has 0 aliphatic carbocycles. The minimum Gasteiger partial charge on any atom is -0.463 e. The van der Waals surface area contributed by atoms with Crippen molar-refractivity contribution < 1.29 is 61.9 Å². The highest BCUT2D eigenvalue weighted by molar-refractivity contribution is 7.99. The number of aliphatic hydroxyl groups excluding tert-OH is 1. The van der Waals surface area contributed by atoms with Gasteiger partial charge in [-0.15, -0.1) is 0 Å². The highest BCUT2D eigenvalue weighted by Gasteiger charge is 2.52. The molecule has 0 spiro atoms. The zero-order valence-corrected chi connectivity index (χ0v) is 39.2. The van der Waals surface area contributed by atoms with Crippen molar-refractivity contribution in [1.29, 1.82) is 0 Å². The molecule has 1 unspecified atom stereocenters. The largest absolute Gasteiger partial charge is 0.463 e. The number of carbonyl (C=O) groups excluding carboxylic acids is 4. The summed E-state index contributed by atoms with van der Waals surface area (Å²) in [6.07, 6.45) is -7.66. The molecule has 7 rings (SSSR count). The minimum absolute atomic E-state index is 0.0590. The number of ether oxygens (including phenoxy) is 7. The van der Waals surface area contributed by atoms with Gasteiger partial charge in [0.25, 0.3) is 5.22 Å². The lowest BCUT2D eigenvalue weighted by molar-refractivity contribution is -0.268. The van der Waals surface area contributed by atoms with Crippen LogP contribution in [-0.4, -0.2) is 87.9 Å². The third-order valence-corrected chi connectivity index (χ3v) is 12.3. The smallest absolute Gasteiger partial charge is 0.303 e. The normalized spacial score (nSPS) is 23.6. The van der Waals surface area contributed by atoms with Crippen molar-refractivity contribution in [3.63, 3.8) is 0 Å². The first-order chi connectivity index (χ1) is 32.3. The number of carbonyl (C=O) groups is 4. The highest BCUT2D eigenvalue weighted by Crippen LogP contribution is 2.44. The van der Waals surface area contributed by atoms with Crippen molar-refractivity contribution in [2.45, 2.75) is 102 Å². The summed E-state index contributed by atoms with van der Waals surface area (Å²) in [5, 5.41) is 13.5. The van der Waals surface area contributed by atoms with E-state index in [9.17, 15) is 24.3 Å². The standard InChI is InChI=1S/C50H52N2O13S2/c1-28-41(27-67-50-52-43(34-13-8-6-9-14-34)45(65-50)35-15-10-7-11-16-35)63-49(64-44(28)36-21-19-33(25-53)20-22-36)37-17-12-18-38(23-37)51-42(66)24-39-46(59-30(3)55)48(61-32(5)57)47(60-31(4)56)40(62-39)26-58-29(2)54/h6-23,28,39-41,44,46-49,53H,24-27H2,1-5H3,(H,51,66)/t28-,39-,40+,41+,44+,46-,47+,48+,49?/m0/s1. The number of hydrogen-bond acceptors (Lipinski definition) is 16. The van der Waals surface area contributed by atoms with Gasteiger partial charge in [-0.2, -0.15) is 0 Å². The van der Waals surface area contributed by atoms with E-state index in [1.807, 2.05) is 109 Å². The van der Waals surface area contributed by atoms with Crippen LogP contribution in [0.4, 0.5) is 5.69 Å². The second-order valence-electron chi connectivity index (χ2n) is 16.1. The van der Waals surface area contributed by atoms with E-state index < -0.39 is 66.8 Å². The third kappa shape index (κ3) is 12.7. The number of hydrogen-bond donors (Lipinski definition) is 2. The lowest BCUT2D eigenvalue weighted by atomic mass is 9.91. The molecule has 1 aromatic heterocycles. The van der Waals surface area contributed by atoms with Crippen molar-refractivity contribution >= 4 is 58.5 Å². The van der Waals surface area contributed by atoms with Crippen molar-refractivity contribution in [3.05, 3.63) is 126 Å². The van der Waals surface area contributed by atoms with Gasteiger partial charge < -0.3 is 48.0 Å². The monoisotopic (exact) mass is 952 g/mol. The number of oxazole rings is 1. The van der Waals surface area contributed by atoms with Crippen LogP contribution in [0, 0.1) is 5.92 Å². The summed E-state index contributed by atoms with van der Waals surface area (Å²) in [4.78, 5) is 54.0. The highest BCUT2D eigenvalue weighted by atomic mass is 32.2. The molecule has 2 aliphatic heterocycles. The van der Waals surface area contributed by atoms with Gasteiger partial charge in [-0.25, -0.2) is 4.98 Å². The summed E-state index contributed by atoms with van der Waals surface area (Å²) in [5.41, 5.74) is 5.55. The molecular weight excluding hydrogens is 901 g/mol. The van der Waals surface area contributed by atoms with Crippen LogP contribution in [0.15, 0.2) is 119 Å². The summed E-state index contributed by atoms with van der Waals surface area (Å²) in [6.45, 7) is 6.35. The average Bonchev–Trinajstić information content (AvgIpc) is 3.74. The van der Waals surface area contributed by atoms with Gasteiger partial charge in [-0.05, 0) is 23.3 Å². The Morgan fingerprint density at radius 3 is 1.96 bits per heavy atom. The number of aromatic nitrogens is 1. The maximum absolute atomic E-state index is 12.4. The number of thiocarbonyl (C=S) groups is 1. The van der Waals surface area contributed by atoms with E-state index in [2.05, 4.69) is 12.2 Å². The molecule has 0 radical (unpaired) electrons. The number of thioether (sulfide) groups is 1. The molecule has 2 fully saturated rings. The Bertz CT molecular complexity index is 2450. The van der Waals surface area contributed by atoms with E-state index >= 15 is 0 Å². The van der Waals surface area contributed by atoms with Gasteiger partial charge in [0.2, 0.25) is 0 Å². The Morgan fingerprint density at radius 1 is 0.701 bits per heavy atom. The van der Waals surface area contributed by atoms with Gasteiger partial charge in [0.05, 0.1) is 23.8 Å². The molecule has 15 nitrogen and oxygen atoms in total. The topological polar surface area (TPSA) is 191 Å². The third-order valence-electron chi connectivity index (χ3n) is 11.1. The zero-order valence-electron chi connectivity index (χ0n) is 37.5. The summed E-state index contributed by atoms with van der Waals surface area (Å²) >= 11 is 7.29. The zero-order chi connectivity index (χ0) is 47.6. The van der Waals surface area contributed by atoms with Crippen LogP contribution < -0.4 is 5.32 Å². The SMILES string of the molecule is CC(=O)OC[C@H]1O[C@@H](CC(=S)Nc2cccc(C3O[C@H](CSc4nc(-c5ccccc5)c(-c5ccccc5)o4)[C@H](C)[C@H](c4ccc(CO)cc4)O3)c2)[C@H](OC(C)=O)[C@@H](OC(C)=O)[C@@H]1OC(C)=O. The van der Waals surface area contributed by atoms with Crippen LogP contribution >= 0.6 is 24.0 Å². The number of benzene rings is 4. The number of rotatable bonds is 16. The van der Waals surface area contributed by atoms with Gasteiger partial charge in [0.15, 0.2) is 30.4 Å². The average molecular weight is 953 g/mol. The van der Waals surface area contributed by atoms with Crippen LogP contribution in [0.3, 0.4) is 0 Å². The molecule has 2 saturated heterocycles. The Labute approximate surface area is 397 Å². The maximum atomic E-state index is 12.4. The van der Waals surface area contributed by atoms with Crippen LogP contribution in [0.25, 0.3) is 22.6 Å². The van der Waals surface area contributed by atoms with Crippen LogP contribution in [-0.2, 0) is 58.9 Å². The molecule has 0 amide bonds. The van der Waals surface area contributed by atoms with Crippen molar-refractivity contribution in [3.8, 4) is 22.6 Å². The van der Waals surface area contributed by atoms with E-state index in [0.29, 0.717) is 28.0 Å². The summed E-state index contributed by atoms with van der Waals surface area (Å²) in [7, 11) is 0. The fraction of sp³-hybridized carbons (Fsp3) is 0.360. The number of nitrogens with one attached hydrogen (secondary N) is 1. The molecule has 9 atom stereocenters. The lowest BCUT2D eigenvalue weighted by Crippen LogP contribution is -2.62. The van der Waals surface area contributed by atoms with E-state index in [0.717, 1.165) is 41.8 Å². The van der Waals surface area contributed by atoms with E-state index in [-0.39, 0.29) is 36.6 Å². The van der Waals surface area contributed by atoms with Gasteiger partial charge in [0.1, 0.15) is 24.5 Å². The predicted octanol–water partition coefficient (Wildman–Crippen LogP) is 8.34. The predicted molar refractivity (Wildman–Crippen MR) is 250 cm³/mol. The second-order valence-corrected chi connectivity index (χ2v) is 17.6. The molecule has 0 saturated carbocycles. The van der Waals surface area contributed by atoms with E-state index in [4.69, 9.17) is 54.8 Å². The summed E-state index contributed by atoms with van der Waals surface area (Å²) < 4.78 is 48.2. The molecule has 2 N–H and O–H groups in total. The first kappa shape index (κ1) is 49.0. The van der Waals surface area contributed by atoms with Gasteiger partial charge >= 0.3 is 23.9 Å². The van der Waals surface area contributed by atoms with Gasteiger partial charge in [-0.3, -0.25) is 19.2 Å². The molecule has 3 heterocycles. The number of esters is 4. The van der Waals surface area contributed by atoms with Crippen molar-refractivity contribution in [2.24, 2.45) is 5.92 Å². The molecule has 352 valence electrons. The summed E-state index contributed by atoms with van der Waals surface area (Å²) in [6, 6.07) is 34.8.